The van der Waals surface area contributed by atoms with Crippen molar-refractivity contribution in [2.75, 3.05) is 38.5 Å². The molecule has 0 radical (unpaired) electrons. The molecule has 2 aromatic heterocycles. The highest BCUT2D eigenvalue weighted by atomic mass is 35.5. The summed E-state index contributed by atoms with van der Waals surface area (Å²) in [6.07, 6.45) is 9.11. The lowest BCUT2D eigenvalue weighted by Crippen LogP contribution is -2.63. The average molecular weight is 611 g/mol. The van der Waals surface area contributed by atoms with Gasteiger partial charge in [0.05, 0.1) is 29.3 Å². The molecule has 3 aliphatic rings. The van der Waals surface area contributed by atoms with Gasteiger partial charge in [0, 0.05) is 70.3 Å². The number of fused-ring (bicyclic) bond motifs is 1. The number of nitrogen functional groups attached to an aromatic ring is 1. The number of hydrogen-bond acceptors (Lipinski definition) is 6. The van der Waals surface area contributed by atoms with Crippen LogP contribution in [-0.2, 0) is 11.3 Å². The topological polar surface area (TPSA) is 109 Å². The number of carbonyl (C=O) groups excluding carboxylic acids is 1. The standard InChI is InChI=1S/C34H39ClN8O/c1-4-29(44)41-19-34(20-41)15-25(16-34)43-22(3)30(31-26(17-36)27(37)13-21(2)32(31)35)33(39-43)23-7-8-28-24(14-23)18-38-42(28)12-11-40-9-5-6-10-40/h4,7-8,13-14,17-18,25,36H,1,5-6,9-12,15-16,19-20,37H2,2-3H3. The molecule has 1 aliphatic carbocycles. The molecule has 0 bridgehead atoms. The summed E-state index contributed by atoms with van der Waals surface area (Å²) in [6, 6.07) is 8.47. The van der Waals surface area contributed by atoms with Gasteiger partial charge >= 0.3 is 0 Å². The maximum atomic E-state index is 12.1. The Balaban J connectivity index is 1.28. The fourth-order valence-corrected chi connectivity index (χ4v) is 7.93. The number of hydrogen-bond donors (Lipinski definition) is 2. The van der Waals surface area contributed by atoms with Crippen molar-refractivity contribution in [2.45, 2.75) is 52.1 Å². The maximum Gasteiger partial charge on any atom is 0.245 e. The third kappa shape index (κ3) is 4.64. The Hall–Kier alpha value is -3.95. The average Bonchev–Trinajstić information content (AvgIpc) is 3.71. The quantitative estimate of drug-likeness (QED) is 0.147. The molecule has 1 saturated carbocycles. The highest BCUT2D eigenvalue weighted by molar-refractivity contribution is 6.35. The molecule has 7 rings (SSSR count). The minimum atomic E-state index is -0.000437. The number of rotatable bonds is 8. The Morgan fingerprint density at radius 3 is 2.61 bits per heavy atom. The van der Waals surface area contributed by atoms with Crippen molar-refractivity contribution in [1.82, 2.24) is 29.4 Å². The van der Waals surface area contributed by atoms with E-state index in [0.717, 1.165) is 83.6 Å². The second-order valence-electron chi connectivity index (χ2n) is 12.9. The zero-order valence-electron chi connectivity index (χ0n) is 25.4. The van der Waals surface area contributed by atoms with E-state index in [9.17, 15) is 4.79 Å². The summed E-state index contributed by atoms with van der Waals surface area (Å²) in [5.41, 5.74) is 14.1. The molecule has 4 heterocycles. The van der Waals surface area contributed by atoms with Crippen LogP contribution in [0.3, 0.4) is 0 Å². The highest BCUT2D eigenvalue weighted by Gasteiger charge is 2.54. The van der Waals surface area contributed by atoms with Crippen LogP contribution < -0.4 is 5.73 Å². The minimum absolute atomic E-state index is 0.000437. The first-order valence-electron chi connectivity index (χ1n) is 15.5. The molecule has 3 N–H and O–H groups in total. The predicted molar refractivity (Wildman–Crippen MR) is 176 cm³/mol. The Morgan fingerprint density at radius 2 is 1.91 bits per heavy atom. The number of halogens is 1. The summed E-state index contributed by atoms with van der Waals surface area (Å²) < 4.78 is 4.24. The fourth-order valence-electron chi connectivity index (χ4n) is 7.68. The summed E-state index contributed by atoms with van der Waals surface area (Å²) in [6.45, 7) is 13.4. The summed E-state index contributed by atoms with van der Waals surface area (Å²) in [4.78, 5) is 16.4. The van der Waals surface area contributed by atoms with Crippen LogP contribution in [0.15, 0.2) is 43.1 Å². The van der Waals surface area contributed by atoms with Gasteiger partial charge in [-0.15, -0.1) is 0 Å². The number of nitrogens with two attached hydrogens (primary N) is 1. The van der Waals surface area contributed by atoms with Gasteiger partial charge < -0.3 is 20.9 Å². The van der Waals surface area contributed by atoms with E-state index in [1.165, 1.54) is 38.2 Å². The summed E-state index contributed by atoms with van der Waals surface area (Å²) in [5, 5.41) is 19.9. The first-order chi connectivity index (χ1) is 21.2. The largest absolute Gasteiger partial charge is 0.398 e. The number of aryl methyl sites for hydroxylation is 1. The van der Waals surface area contributed by atoms with E-state index in [-0.39, 0.29) is 17.4 Å². The number of nitrogens with zero attached hydrogens (tertiary/aromatic N) is 6. The van der Waals surface area contributed by atoms with E-state index in [1.807, 2.05) is 24.1 Å². The molecule has 0 atom stereocenters. The lowest BCUT2D eigenvalue weighted by Gasteiger charge is -2.58. The molecular formula is C34H39ClN8O. The van der Waals surface area contributed by atoms with Crippen LogP contribution in [0.2, 0.25) is 5.02 Å². The number of aromatic nitrogens is 4. The molecule has 2 aromatic carbocycles. The van der Waals surface area contributed by atoms with Crippen LogP contribution >= 0.6 is 11.6 Å². The van der Waals surface area contributed by atoms with Gasteiger partial charge in [0.25, 0.3) is 0 Å². The van der Waals surface area contributed by atoms with E-state index >= 15 is 0 Å². The van der Waals surface area contributed by atoms with Crippen LogP contribution in [0.5, 0.6) is 0 Å². The van der Waals surface area contributed by atoms with E-state index in [0.29, 0.717) is 16.3 Å². The molecule has 9 nitrogen and oxygen atoms in total. The molecular weight excluding hydrogens is 572 g/mol. The van der Waals surface area contributed by atoms with Crippen molar-refractivity contribution in [3.05, 3.63) is 65.0 Å². The summed E-state index contributed by atoms with van der Waals surface area (Å²) in [7, 11) is 0. The second kappa shape index (κ2) is 10.9. The zero-order valence-corrected chi connectivity index (χ0v) is 26.2. The van der Waals surface area contributed by atoms with E-state index in [4.69, 9.17) is 32.9 Å². The van der Waals surface area contributed by atoms with Gasteiger partial charge in [-0.3, -0.25) is 14.2 Å². The van der Waals surface area contributed by atoms with Crippen LogP contribution in [0.4, 0.5) is 5.69 Å². The van der Waals surface area contributed by atoms with Gasteiger partial charge in [-0.25, -0.2) is 0 Å². The molecule has 1 spiro atoms. The zero-order chi connectivity index (χ0) is 30.7. The van der Waals surface area contributed by atoms with Crippen molar-refractivity contribution < 1.29 is 4.79 Å². The number of anilines is 1. The van der Waals surface area contributed by atoms with Crippen molar-refractivity contribution >= 4 is 40.3 Å². The van der Waals surface area contributed by atoms with E-state index in [2.05, 4.69) is 46.0 Å². The number of likely N-dealkylation sites (tertiary alicyclic amines) is 2. The summed E-state index contributed by atoms with van der Waals surface area (Å²) in [5.74, 6) is -0.000437. The third-order valence-corrected chi connectivity index (χ3v) is 10.5. The van der Waals surface area contributed by atoms with Gasteiger partial charge in [-0.1, -0.05) is 24.2 Å². The lowest BCUT2D eigenvalue weighted by molar-refractivity contribution is -0.149. The molecule has 228 valence electrons. The summed E-state index contributed by atoms with van der Waals surface area (Å²) >= 11 is 7.02. The Bertz CT molecular complexity index is 1800. The van der Waals surface area contributed by atoms with Crippen LogP contribution in [-0.4, -0.2) is 74.2 Å². The van der Waals surface area contributed by atoms with Gasteiger partial charge in [0.2, 0.25) is 5.91 Å². The number of nitrogens with one attached hydrogen (secondary N) is 1. The van der Waals surface area contributed by atoms with Crippen LogP contribution in [0.25, 0.3) is 33.3 Å². The highest BCUT2D eigenvalue weighted by Crippen LogP contribution is 2.55. The Morgan fingerprint density at radius 1 is 1.16 bits per heavy atom. The molecule has 44 heavy (non-hydrogen) atoms. The lowest BCUT2D eigenvalue weighted by atomic mass is 9.60. The van der Waals surface area contributed by atoms with Crippen molar-refractivity contribution in [1.29, 1.82) is 5.41 Å². The smallest absolute Gasteiger partial charge is 0.245 e. The first kappa shape index (κ1) is 28.8. The first-order valence-corrected chi connectivity index (χ1v) is 15.9. The Labute approximate surface area is 262 Å². The maximum absolute atomic E-state index is 12.1. The number of carbonyl (C=O) groups is 1. The van der Waals surface area contributed by atoms with E-state index in [1.54, 1.807) is 0 Å². The fraction of sp³-hybridized carbons (Fsp3) is 0.412. The van der Waals surface area contributed by atoms with Crippen LogP contribution in [0.1, 0.15) is 48.5 Å². The normalized spacial score (nSPS) is 18.1. The molecule has 0 unspecified atom stereocenters. The molecule has 10 heteroatoms. The predicted octanol–water partition coefficient (Wildman–Crippen LogP) is 5.86. The van der Waals surface area contributed by atoms with Gasteiger partial charge in [0.15, 0.2) is 0 Å². The number of benzene rings is 2. The molecule has 4 aromatic rings. The van der Waals surface area contributed by atoms with Gasteiger partial charge in [-0.2, -0.15) is 10.2 Å². The molecule has 3 fully saturated rings. The van der Waals surface area contributed by atoms with Crippen molar-refractivity contribution in [3.63, 3.8) is 0 Å². The minimum Gasteiger partial charge on any atom is -0.398 e. The van der Waals surface area contributed by atoms with Crippen LogP contribution in [0, 0.1) is 24.7 Å². The Kier molecular flexibility index (Phi) is 7.13. The van der Waals surface area contributed by atoms with Crippen molar-refractivity contribution in [2.24, 2.45) is 5.41 Å². The van der Waals surface area contributed by atoms with Gasteiger partial charge in [-0.05, 0) is 82.5 Å². The second-order valence-corrected chi connectivity index (χ2v) is 13.3. The number of amides is 1. The molecule has 2 aliphatic heterocycles. The third-order valence-electron chi connectivity index (χ3n) is 10.0. The van der Waals surface area contributed by atoms with Gasteiger partial charge in [0.1, 0.15) is 5.69 Å². The van der Waals surface area contributed by atoms with Crippen molar-refractivity contribution in [3.8, 4) is 22.4 Å². The monoisotopic (exact) mass is 610 g/mol. The SMILES string of the molecule is C=CC(=O)N1CC2(CC(n3nc(-c4ccc5c(cnn5CCN5CCCC5)c4)c(-c4c(Cl)c(C)cc(N)c4C=N)c3C)C2)C1. The molecule has 1 amide bonds. The molecule has 2 saturated heterocycles. The van der Waals surface area contributed by atoms with E-state index < -0.39 is 0 Å².